The topological polar surface area (TPSA) is 38.8 Å². The van der Waals surface area contributed by atoms with E-state index in [1.165, 1.54) is 19.2 Å². The molecule has 0 unspecified atom stereocenters. The minimum absolute atomic E-state index is 0.0351. The standard InChI is InChI=1S/C16H20F3NO3/c1-11(10-22-2)15(21)20-7-8-23-14(9-20)12-3-5-13(6-4-12)16(17,18)19/h3-6,11,14H,7-10H2,1-2H3/t11-,14-/m0/s1. The Morgan fingerprint density at radius 3 is 2.61 bits per heavy atom. The lowest BCUT2D eigenvalue weighted by Gasteiger charge is -2.34. The van der Waals surface area contributed by atoms with E-state index in [-0.39, 0.29) is 11.8 Å². The van der Waals surface area contributed by atoms with Gasteiger partial charge in [-0.3, -0.25) is 4.79 Å². The Bertz CT molecular complexity index is 530. The maximum absolute atomic E-state index is 12.6. The summed E-state index contributed by atoms with van der Waals surface area (Å²) in [6, 6.07) is 4.88. The molecule has 1 fully saturated rings. The number of carbonyl (C=O) groups is 1. The van der Waals surface area contributed by atoms with Crippen LogP contribution >= 0.6 is 0 Å². The Hall–Kier alpha value is -1.60. The summed E-state index contributed by atoms with van der Waals surface area (Å²) in [6.07, 6.45) is -4.77. The van der Waals surface area contributed by atoms with Gasteiger partial charge in [0.1, 0.15) is 6.10 Å². The van der Waals surface area contributed by atoms with Crippen LogP contribution in [-0.4, -0.2) is 44.2 Å². The predicted molar refractivity (Wildman–Crippen MR) is 77.8 cm³/mol. The lowest BCUT2D eigenvalue weighted by atomic mass is 10.0. The van der Waals surface area contributed by atoms with E-state index in [1.54, 1.807) is 11.8 Å². The number of alkyl halides is 3. The number of hydrogen-bond donors (Lipinski definition) is 0. The first kappa shape index (κ1) is 17.7. The fourth-order valence-electron chi connectivity index (χ4n) is 2.57. The quantitative estimate of drug-likeness (QED) is 0.852. The molecule has 23 heavy (non-hydrogen) atoms. The van der Waals surface area contributed by atoms with Crippen LogP contribution in [0, 0.1) is 5.92 Å². The van der Waals surface area contributed by atoms with Crippen LogP contribution in [0.3, 0.4) is 0 Å². The zero-order valence-corrected chi connectivity index (χ0v) is 13.1. The van der Waals surface area contributed by atoms with Gasteiger partial charge in [-0.2, -0.15) is 13.2 Å². The van der Waals surface area contributed by atoms with E-state index in [2.05, 4.69) is 0 Å². The van der Waals surface area contributed by atoms with Crippen LogP contribution in [0.5, 0.6) is 0 Å². The molecule has 2 atom stereocenters. The van der Waals surface area contributed by atoms with Gasteiger partial charge in [0.25, 0.3) is 0 Å². The number of rotatable bonds is 4. The van der Waals surface area contributed by atoms with E-state index < -0.39 is 17.8 Å². The maximum atomic E-state index is 12.6. The van der Waals surface area contributed by atoms with Gasteiger partial charge >= 0.3 is 6.18 Å². The van der Waals surface area contributed by atoms with Gasteiger partial charge in [0.15, 0.2) is 0 Å². The first-order chi connectivity index (χ1) is 10.8. The number of benzene rings is 1. The Balaban J connectivity index is 2.05. The summed E-state index contributed by atoms with van der Waals surface area (Å²) in [6.45, 7) is 3.29. The molecule has 0 aliphatic carbocycles. The first-order valence-electron chi connectivity index (χ1n) is 7.39. The third kappa shape index (κ3) is 4.45. The molecular formula is C16H20F3NO3. The second-order valence-corrected chi connectivity index (χ2v) is 5.62. The third-order valence-corrected chi connectivity index (χ3v) is 3.83. The summed E-state index contributed by atoms with van der Waals surface area (Å²) < 4.78 is 48.4. The summed E-state index contributed by atoms with van der Waals surface area (Å²) in [4.78, 5) is 14.0. The molecule has 0 N–H and O–H groups in total. The maximum Gasteiger partial charge on any atom is 0.416 e. The number of ether oxygens (including phenoxy) is 2. The second-order valence-electron chi connectivity index (χ2n) is 5.62. The summed E-state index contributed by atoms with van der Waals surface area (Å²) >= 11 is 0. The highest BCUT2D eigenvalue weighted by Crippen LogP contribution is 2.31. The van der Waals surface area contributed by atoms with E-state index in [4.69, 9.17) is 9.47 Å². The number of amides is 1. The molecule has 0 spiro atoms. The molecule has 2 rings (SSSR count). The van der Waals surface area contributed by atoms with Crippen molar-refractivity contribution in [3.05, 3.63) is 35.4 Å². The molecule has 1 aromatic rings. The van der Waals surface area contributed by atoms with Gasteiger partial charge in [-0.25, -0.2) is 0 Å². The second kappa shape index (κ2) is 7.31. The van der Waals surface area contributed by atoms with Gasteiger partial charge in [-0.15, -0.1) is 0 Å². The minimum atomic E-state index is -4.36. The van der Waals surface area contributed by atoms with Gasteiger partial charge in [0, 0.05) is 13.7 Å². The highest BCUT2D eigenvalue weighted by Gasteiger charge is 2.31. The van der Waals surface area contributed by atoms with Crippen LogP contribution in [0.25, 0.3) is 0 Å². The monoisotopic (exact) mass is 331 g/mol. The molecule has 128 valence electrons. The normalized spacial score (nSPS) is 20.4. The Morgan fingerprint density at radius 1 is 1.39 bits per heavy atom. The molecule has 0 aromatic heterocycles. The summed E-state index contributed by atoms with van der Waals surface area (Å²) in [5.74, 6) is -0.293. The van der Waals surface area contributed by atoms with Gasteiger partial charge in [-0.05, 0) is 17.7 Å². The van der Waals surface area contributed by atoms with Crippen molar-refractivity contribution in [1.82, 2.24) is 4.90 Å². The van der Waals surface area contributed by atoms with Crippen LogP contribution in [0.15, 0.2) is 24.3 Å². The number of methoxy groups -OCH3 is 1. The van der Waals surface area contributed by atoms with Gasteiger partial charge in [0.05, 0.1) is 31.2 Å². The van der Waals surface area contributed by atoms with E-state index in [9.17, 15) is 18.0 Å². The Kier molecular flexibility index (Phi) is 5.64. The van der Waals surface area contributed by atoms with Crippen LogP contribution in [0.4, 0.5) is 13.2 Å². The van der Waals surface area contributed by atoms with Gasteiger partial charge in [0.2, 0.25) is 5.91 Å². The molecule has 1 aliphatic heterocycles. The summed E-state index contributed by atoms with van der Waals surface area (Å²) in [5, 5.41) is 0. The number of hydrogen-bond acceptors (Lipinski definition) is 3. The molecular weight excluding hydrogens is 311 g/mol. The smallest absolute Gasteiger partial charge is 0.384 e. The average molecular weight is 331 g/mol. The number of morpholine rings is 1. The van der Waals surface area contributed by atoms with Crippen molar-refractivity contribution in [1.29, 1.82) is 0 Å². The molecule has 1 heterocycles. The lowest BCUT2D eigenvalue weighted by molar-refractivity contribution is -0.144. The van der Waals surface area contributed by atoms with Crippen molar-refractivity contribution in [3.63, 3.8) is 0 Å². The van der Waals surface area contributed by atoms with E-state index in [0.29, 0.717) is 31.9 Å². The molecule has 1 aromatic carbocycles. The van der Waals surface area contributed by atoms with Gasteiger partial charge < -0.3 is 14.4 Å². The Labute approximate surface area is 133 Å². The highest BCUT2D eigenvalue weighted by atomic mass is 19.4. The molecule has 0 saturated carbocycles. The fraction of sp³-hybridized carbons (Fsp3) is 0.562. The molecule has 4 nitrogen and oxygen atoms in total. The first-order valence-corrected chi connectivity index (χ1v) is 7.39. The fourth-order valence-corrected chi connectivity index (χ4v) is 2.57. The molecule has 0 radical (unpaired) electrons. The van der Waals surface area contributed by atoms with Crippen molar-refractivity contribution < 1.29 is 27.4 Å². The van der Waals surface area contributed by atoms with Crippen LogP contribution in [0.2, 0.25) is 0 Å². The van der Waals surface area contributed by atoms with Crippen molar-refractivity contribution in [2.75, 3.05) is 33.4 Å². The summed E-state index contributed by atoms with van der Waals surface area (Å²) in [5.41, 5.74) is -0.0615. The molecule has 1 saturated heterocycles. The van der Waals surface area contributed by atoms with Crippen molar-refractivity contribution >= 4 is 5.91 Å². The highest BCUT2D eigenvalue weighted by molar-refractivity contribution is 5.78. The van der Waals surface area contributed by atoms with Crippen LogP contribution in [-0.2, 0) is 20.4 Å². The number of nitrogens with zero attached hydrogens (tertiary/aromatic N) is 1. The Morgan fingerprint density at radius 2 is 2.04 bits per heavy atom. The van der Waals surface area contributed by atoms with E-state index >= 15 is 0 Å². The van der Waals surface area contributed by atoms with Crippen LogP contribution < -0.4 is 0 Å². The SMILES string of the molecule is COC[C@H](C)C(=O)N1CCO[C@H](c2ccc(C(F)(F)F)cc2)C1. The summed E-state index contributed by atoms with van der Waals surface area (Å²) in [7, 11) is 1.54. The largest absolute Gasteiger partial charge is 0.416 e. The van der Waals surface area contributed by atoms with Crippen molar-refractivity contribution in [2.24, 2.45) is 5.92 Å². The lowest BCUT2D eigenvalue weighted by Crippen LogP contribution is -2.45. The zero-order chi connectivity index (χ0) is 17.0. The molecule has 1 aliphatic rings. The predicted octanol–water partition coefficient (Wildman–Crippen LogP) is 2.89. The molecule has 7 heteroatoms. The van der Waals surface area contributed by atoms with E-state index in [1.807, 2.05) is 0 Å². The molecule has 0 bridgehead atoms. The van der Waals surface area contributed by atoms with Crippen molar-refractivity contribution in [3.8, 4) is 0 Å². The third-order valence-electron chi connectivity index (χ3n) is 3.83. The van der Waals surface area contributed by atoms with Crippen molar-refractivity contribution in [2.45, 2.75) is 19.2 Å². The number of carbonyl (C=O) groups excluding carboxylic acids is 1. The average Bonchev–Trinajstić information content (AvgIpc) is 2.54. The molecule has 1 amide bonds. The van der Waals surface area contributed by atoms with Gasteiger partial charge in [-0.1, -0.05) is 19.1 Å². The zero-order valence-electron chi connectivity index (χ0n) is 13.1. The minimum Gasteiger partial charge on any atom is -0.384 e. The number of halogens is 3. The van der Waals surface area contributed by atoms with Crippen LogP contribution in [0.1, 0.15) is 24.2 Å². The van der Waals surface area contributed by atoms with E-state index in [0.717, 1.165) is 12.1 Å².